The van der Waals surface area contributed by atoms with E-state index in [4.69, 9.17) is 4.42 Å². The van der Waals surface area contributed by atoms with Crippen LogP contribution in [0.1, 0.15) is 32.8 Å². The molecule has 0 unspecified atom stereocenters. The average molecular weight is 215 g/mol. The summed E-state index contributed by atoms with van der Waals surface area (Å²) in [5.74, 6) is 0.828. The van der Waals surface area contributed by atoms with E-state index >= 15 is 0 Å². The summed E-state index contributed by atoms with van der Waals surface area (Å²) in [6.07, 6.45) is 4.33. The van der Waals surface area contributed by atoms with Gasteiger partial charge in [-0.05, 0) is 23.5 Å². The molecule has 0 aliphatic rings. The Kier molecular flexibility index (Phi) is 2.82. The van der Waals surface area contributed by atoms with Crippen molar-refractivity contribution < 1.29 is 4.42 Å². The van der Waals surface area contributed by atoms with Gasteiger partial charge in [0.05, 0.1) is 6.20 Å². The first-order valence-electron chi connectivity index (χ1n) is 5.63. The van der Waals surface area contributed by atoms with E-state index in [0.29, 0.717) is 0 Å². The molecule has 2 nitrogen and oxygen atoms in total. The van der Waals surface area contributed by atoms with Crippen molar-refractivity contribution in [2.24, 2.45) is 0 Å². The van der Waals surface area contributed by atoms with E-state index < -0.39 is 0 Å². The normalized spacial score (nSPS) is 11.7. The van der Waals surface area contributed by atoms with E-state index in [2.05, 4.69) is 50.0 Å². The zero-order chi connectivity index (χ0) is 11.6. The van der Waals surface area contributed by atoms with Crippen LogP contribution in [-0.2, 0) is 5.41 Å². The first kappa shape index (κ1) is 10.9. The number of benzene rings is 1. The molecule has 1 aromatic carbocycles. The molecule has 2 heteroatoms. The maximum Gasteiger partial charge on any atom is 0.181 e. The molecule has 0 fully saturated rings. The second-order valence-corrected chi connectivity index (χ2v) is 4.68. The lowest BCUT2D eigenvalue weighted by molar-refractivity contribution is 0.506. The number of hydrogen-bond donors (Lipinski definition) is 0. The molecule has 0 N–H and O–H groups in total. The van der Waals surface area contributed by atoms with Crippen LogP contribution in [-0.4, -0.2) is 4.98 Å². The van der Waals surface area contributed by atoms with Crippen molar-refractivity contribution in [3.05, 3.63) is 42.4 Å². The van der Waals surface area contributed by atoms with Gasteiger partial charge in [-0.25, -0.2) is 4.98 Å². The third kappa shape index (κ3) is 2.01. The van der Waals surface area contributed by atoms with E-state index in [-0.39, 0.29) is 5.41 Å². The Bertz CT molecular complexity index is 457. The first-order chi connectivity index (χ1) is 7.63. The Hall–Kier alpha value is -1.57. The molecule has 0 bridgehead atoms. The molecule has 0 aliphatic carbocycles. The molecule has 1 aromatic heterocycles. The van der Waals surface area contributed by atoms with Gasteiger partial charge in [0.25, 0.3) is 0 Å². The summed E-state index contributed by atoms with van der Waals surface area (Å²) in [5, 5.41) is 0. The fourth-order valence-corrected chi connectivity index (χ4v) is 1.66. The lowest BCUT2D eigenvalue weighted by Gasteiger charge is -2.23. The maximum absolute atomic E-state index is 5.31. The highest BCUT2D eigenvalue weighted by Gasteiger charge is 2.18. The van der Waals surface area contributed by atoms with Crippen molar-refractivity contribution in [2.75, 3.05) is 0 Å². The van der Waals surface area contributed by atoms with Crippen molar-refractivity contribution in [3.63, 3.8) is 0 Å². The zero-order valence-corrected chi connectivity index (χ0v) is 10.0. The SMILES string of the molecule is CCC(C)(C)c1cccc(-c2cnco2)c1. The van der Waals surface area contributed by atoms with Crippen molar-refractivity contribution in [1.82, 2.24) is 4.98 Å². The van der Waals surface area contributed by atoms with E-state index in [1.807, 2.05) is 0 Å². The molecule has 2 aromatic rings. The van der Waals surface area contributed by atoms with Gasteiger partial charge < -0.3 is 4.42 Å². The third-order valence-electron chi connectivity index (χ3n) is 3.24. The van der Waals surface area contributed by atoms with Crippen LogP contribution in [0.5, 0.6) is 0 Å². The molecule has 0 radical (unpaired) electrons. The molecular weight excluding hydrogens is 198 g/mol. The molecule has 0 aliphatic heterocycles. The standard InChI is InChI=1S/C14H17NO/c1-4-14(2,3)12-7-5-6-11(8-12)13-9-15-10-16-13/h5-10H,4H2,1-3H3. The molecule has 16 heavy (non-hydrogen) atoms. The van der Waals surface area contributed by atoms with Gasteiger partial charge in [0.2, 0.25) is 0 Å². The maximum atomic E-state index is 5.31. The minimum Gasteiger partial charge on any atom is -0.444 e. The van der Waals surface area contributed by atoms with Crippen LogP contribution in [0.3, 0.4) is 0 Å². The zero-order valence-electron chi connectivity index (χ0n) is 10.0. The summed E-state index contributed by atoms with van der Waals surface area (Å²) in [4.78, 5) is 3.94. The van der Waals surface area contributed by atoms with E-state index in [9.17, 15) is 0 Å². The fourth-order valence-electron chi connectivity index (χ4n) is 1.66. The van der Waals surface area contributed by atoms with Crippen molar-refractivity contribution in [3.8, 4) is 11.3 Å². The largest absolute Gasteiger partial charge is 0.444 e. The quantitative estimate of drug-likeness (QED) is 0.772. The van der Waals surface area contributed by atoms with Crippen LogP contribution in [0, 0.1) is 0 Å². The van der Waals surface area contributed by atoms with Gasteiger partial charge in [-0.1, -0.05) is 39.0 Å². The predicted octanol–water partition coefficient (Wildman–Crippen LogP) is 4.03. The second kappa shape index (κ2) is 4.12. The molecule has 0 saturated carbocycles. The van der Waals surface area contributed by atoms with E-state index in [0.717, 1.165) is 17.7 Å². The van der Waals surface area contributed by atoms with Crippen molar-refractivity contribution in [2.45, 2.75) is 32.6 Å². The van der Waals surface area contributed by atoms with Crippen LogP contribution < -0.4 is 0 Å². The van der Waals surface area contributed by atoms with Crippen LogP contribution in [0.2, 0.25) is 0 Å². The third-order valence-corrected chi connectivity index (χ3v) is 3.24. The number of nitrogens with zero attached hydrogens (tertiary/aromatic N) is 1. The lowest BCUT2D eigenvalue weighted by atomic mass is 9.81. The van der Waals surface area contributed by atoms with Gasteiger partial charge in [0.1, 0.15) is 0 Å². The Balaban J connectivity index is 2.41. The van der Waals surface area contributed by atoms with Gasteiger partial charge >= 0.3 is 0 Å². The van der Waals surface area contributed by atoms with E-state index in [1.165, 1.54) is 12.0 Å². The minimum absolute atomic E-state index is 0.204. The summed E-state index contributed by atoms with van der Waals surface area (Å²) in [5.41, 5.74) is 2.64. The highest BCUT2D eigenvalue weighted by Crippen LogP contribution is 2.29. The first-order valence-corrected chi connectivity index (χ1v) is 5.63. The van der Waals surface area contributed by atoms with Gasteiger partial charge in [0.15, 0.2) is 12.2 Å². The minimum atomic E-state index is 0.204. The van der Waals surface area contributed by atoms with Gasteiger partial charge in [-0.2, -0.15) is 0 Å². The molecular formula is C14H17NO. The summed E-state index contributed by atoms with van der Waals surface area (Å²) in [6.45, 7) is 6.72. The van der Waals surface area contributed by atoms with E-state index in [1.54, 1.807) is 6.20 Å². The Labute approximate surface area is 96.3 Å². The van der Waals surface area contributed by atoms with Crippen molar-refractivity contribution >= 4 is 0 Å². The highest BCUT2D eigenvalue weighted by atomic mass is 16.3. The highest BCUT2D eigenvalue weighted by molar-refractivity contribution is 5.57. The van der Waals surface area contributed by atoms with Crippen LogP contribution in [0.4, 0.5) is 0 Å². The smallest absolute Gasteiger partial charge is 0.181 e. The summed E-state index contributed by atoms with van der Waals surface area (Å²) >= 11 is 0. The molecule has 0 spiro atoms. The molecule has 2 rings (SSSR count). The van der Waals surface area contributed by atoms with Crippen LogP contribution in [0.25, 0.3) is 11.3 Å². The molecule has 0 amide bonds. The molecule has 84 valence electrons. The fraction of sp³-hybridized carbons (Fsp3) is 0.357. The summed E-state index contributed by atoms with van der Waals surface area (Å²) in [7, 11) is 0. The number of hydrogen-bond acceptors (Lipinski definition) is 2. The van der Waals surface area contributed by atoms with Crippen LogP contribution >= 0.6 is 0 Å². The summed E-state index contributed by atoms with van der Waals surface area (Å²) in [6, 6.07) is 8.48. The topological polar surface area (TPSA) is 26.0 Å². The van der Waals surface area contributed by atoms with Crippen LogP contribution in [0.15, 0.2) is 41.3 Å². The Morgan fingerprint density at radius 3 is 2.75 bits per heavy atom. The number of aromatic nitrogens is 1. The van der Waals surface area contributed by atoms with Gasteiger partial charge in [0, 0.05) is 5.56 Å². The van der Waals surface area contributed by atoms with Gasteiger partial charge in [-0.3, -0.25) is 0 Å². The monoisotopic (exact) mass is 215 g/mol. The summed E-state index contributed by atoms with van der Waals surface area (Å²) < 4.78 is 5.31. The molecule has 0 saturated heterocycles. The van der Waals surface area contributed by atoms with Gasteiger partial charge in [-0.15, -0.1) is 0 Å². The lowest BCUT2D eigenvalue weighted by Crippen LogP contribution is -2.15. The Morgan fingerprint density at radius 2 is 2.12 bits per heavy atom. The molecule has 0 atom stereocenters. The second-order valence-electron chi connectivity index (χ2n) is 4.68. The average Bonchev–Trinajstić information content (AvgIpc) is 2.83. The number of rotatable bonds is 3. The number of oxazole rings is 1. The van der Waals surface area contributed by atoms with Crippen molar-refractivity contribution in [1.29, 1.82) is 0 Å². The predicted molar refractivity (Wildman–Crippen MR) is 65.3 cm³/mol. The Morgan fingerprint density at radius 1 is 1.31 bits per heavy atom. The molecule has 1 heterocycles.